The van der Waals surface area contributed by atoms with E-state index in [1.807, 2.05) is 0 Å². The molecule has 1 aliphatic heterocycles. The Kier molecular flexibility index (Phi) is 3.36. The van der Waals surface area contributed by atoms with Gasteiger partial charge in [0.05, 0.1) is 5.92 Å². The van der Waals surface area contributed by atoms with Gasteiger partial charge in [-0.2, -0.15) is 0 Å². The highest BCUT2D eigenvalue weighted by atomic mass is 16.4. The van der Waals surface area contributed by atoms with Gasteiger partial charge in [-0.3, -0.25) is 4.79 Å². The van der Waals surface area contributed by atoms with E-state index in [1.54, 1.807) is 0 Å². The van der Waals surface area contributed by atoms with Crippen molar-refractivity contribution in [3.63, 3.8) is 0 Å². The molecule has 1 aromatic carbocycles. The number of carbonyl (C=O) groups is 1. The van der Waals surface area contributed by atoms with Crippen LogP contribution in [-0.2, 0) is 4.79 Å². The quantitative estimate of drug-likeness (QED) is 0.853. The zero-order valence-corrected chi connectivity index (χ0v) is 10.4. The van der Waals surface area contributed by atoms with Crippen LogP contribution < -0.4 is 4.90 Å². The summed E-state index contributed by atoms with van der Waals surface area (Å²) in [4.78, 5) is 13.2. The smallest absolute Gasteiger partial charge is 0.306 e. The first-order valence-corrected chi connectivity index (χ1v) is 6.13. The van der Waals surface area contributed by atoms with Gasteiger partial charge in [0.2, 0.25) is 0 Å². The number of rotatable bonds is 2. The average molecular weight is 233 g/mol. The monoisotopic (exact) mass is 233 g/mol. The number of aliphatic carboxylic acids is 1. The molecule has 0 radical (unpaired) electrons. The van der Waals surface area contributed by atoms with E-state index < -0.39 is 5.97 Å². The first kappa shape index (κ1) is 12.0. The van der Waals surface area contributed by atoms with Crippen molar-refractivity contribution >= 4 is 11.7 Å². The lowest BCUT2D eigenvalue weighted by molar-refractivity contribution is -0.142. The van der Waals surface area contributed by atoms with Crippen molar-refractivity contribution in [1.82, 2.24) is 0 Å². The Bertz CT molecular complexity index is 420. The van der Waals surface area contributed by atoms with Crippen molar-refractivity contribution in [2.75, 3.05) is 18.0 Å². The molecule has 1 N–H and O–H groups in total. The summed E-state index contributed by atoms with van der Waals surface area (Å²) in [6, 6.07) is 6.45. The molecular formula is C14H19NO2. The van der Waals surface area contributed by atoms with Crippen LogP contribution in [0.15, 0.2) is 18.2 Å². The third kappa shape index (κ3) is 2.60. The second-order valence-corrected chi connectivity index (χ2v) is 4.87. The summed E-state index contributed by atoms with van der Waals surface area (Å²) < 4.78 is 0. The predicted molar refractivity (Wildman–Crippen MR) is 68.5 cm³/mol. The molecule has 0 unspecified atom stereocenters. The Balaban J connectivity index is 2.05. The van der Waals surface area contributed by atoms with Gasteiger partial charge in [0.25, 0.3) is 0 Å². The second kappa shape index (κ2) is 4.78. The molecule has 3 nitrogen and oxygen atoms in total. The van der Waals surface area contributed by atoms with E-state index in [4.69, 9.17) is 5.11 Å². The van der Waals surface area contributed by atoms with Crippen LogP contribution >= 0.6 is 0 Å². The third-order valence-electron chi connectivity index (χ3n) is 3.70. The topological polar surface area (TPSA) is 40.5 Å². The van der Waals surface area contributed by atoms with Crippen LogP contribution in [0.1, 0.15) is 24.0 Å². The number of benzene rings is 1. The van der Waals surface area contributed by atoms with Crippen molar-refractivity contribution in [3.05, 3.63) is 29.3 Å². The Morgan fingerprint density at radius 3 is 2.41 bits per heavy atom. The Morgan fingerprint density at radius 1 is 1.24 bits per heavy atom. The number of hydrogen-bond donors (Lipinski definition) is 1. The lowest BCUT2D eigenvalue weighted by atomic mass is 9.96. The summed E-state index contributed by atoms with van der Waals surface area (Å²) in [5.74, 6) is -0.803. The highest BCUT2D eigenvalue weighted by molar-refractivity contribution is 5.70. The third-order valence-corrected chi connectivity index (χ3v) is 3.70. The molecule has 1 fully saturated rings. The SMILES string of the molecule is Cc1ccc(N2CCC(C(=O)O)CC2)cc1C. The normalized spacial score (nSPS) is 17.2. The molecule has 1 saturated heterocycles. The van der Waals surface area contributed by atoms with Crippen LogP contribution in [0.2, 0.25) is 0 Å². The standard InChI is InChI=1S/C14H19NO2/c1-10-3-4-13(9-11(10)2)15-7-5-12(6-8-15)14(16)17/h3-4,9,12H,5-8H2,1-2H3,(H,16,17). The molecule has 0 spiro atoms. The summed E-state index contributed by atoms with van der Waals surface area (Å²) in [6.07, 6.45) is 1.50. The minimum atomic E-state index is -0.648. The van der Waals surface area contributed by atoms with Crippen molar-refractivity contribution in [2.24, 2.45) is 5.92 Å². The number of anilines is 1. The van der Waals surface area contributed by atoms with Gasteiger partial charge >= 0.3 is 5.97 Å². The van der Waals surface area contributed by atoms with Crippen LogP contribution in [0.5, 0.6) is 0 Å². The fourth-order valence-corrected chi connectivity index (χ4v) is 2.31. The van der Waals surface area contributed by atoms with Crippen LogP contribution in [0.4, 0.5) is 5.69 Å². The molecule has 1 heterocycles. The highest BCUT2D eigenvalue weighted by Crippen LogP contribution is 2.25. The van der Waals surface area contributed by atoms with Crippen molar-refractivity contribution in [1.29, 1.82) is 0 Å². The van der Waals surface area contributed by atoms with Crippen molar-refractivity contribution < 1.29 is 9.90 Å². The molecular weight excluding hydrogens is 214 g/mol. The maximum atomic E-state index is 10.9. The van der Waals surface area contributed by atoms with Gasteiger partial charge in [0.15, 0.2) is 0 Å². The lowest BCUT2D eigenvalue weighted by Crippen LogP contribution is -2.36. The zero-order chi connectivity index (χ0) is 12.4. The Hall–Kier alpha value is -1.51. The molecule has 0 aromatic heterocycles. The summed E-state index contributed by atoms with van der Waals surface area (Å²) in [5, 5.41) is 8.96. The van der Waals surface area contributed by atoms with E-state index >= 15 is 0 Å². The minimum absolute atomic E-state index is 0.155. The van der Waals surface area contributed by atoms with Crippen LogP contribution in [0.25, 0.3) is 0 Å². The number of piperidine rings is 1. The van der Waals surface area contributed by atoms with E-state index in [-0.39, 0.29) is 5.92 Å². The van der Waals surface area contributed by atoms with Gasteiger partial charge in [-0.1, -0.05) is 6.07 Å². The fourth-order valence-electron chi connectivity index (χ4n) is 2.31. The van der Waals surface area contributed by atoms with Gasteiger partial charge < -0.3 is 10.0 Å². The fraction of sp³-hybridized carbons (Fsp3) is 0.500. The number of nitrogens with zero attached hydrogens (tertiary/aromatic N) is 1. The Labute approximate surface area is 102 Å². The minimum Gasteiger partial charge on any atom is -0.481 e. The van der Waals surface area contributed by atoms with E-state index in [1.165, 1.54) is 16.8 Å². The van der Waals surface area contributed by atoms with Gasteiger partial charge in [0, 0.05) is 18.8 Å². The van der Waals surface area contributed by atoms with Gasteiger partial charge in [-0.25, -0.2) is 0 Å². The number of hydrogen-bond acceptors (Lipinski definition) is 2. The lowest BCUT2D eigenvalue weighted by Gasteiger charge is -2.32. The van der Waals surface area contributed by atoms with Gasteiger partial charge in [-0.05, 0) is 49.9 Å². The number of carboxylic acid groups (broad SMARTS) is 1. The zero-order valence-electron chi connectivity index (χ0n) is 10.4. The molecule has 0 bridgehead atoms. The van der Waals surface area contributed by atoms with Gasteiger partial charge in [-0.15, -0.1) is 0 Å². The van der Waals surface area contributed by atoms with Crippen LogP contribution in [0, 0.1) is 19.8 Å². The second-order valence-electron chi connectivity index (χ2n) is 4.87. The summed E-state index contributed by atoms with van der Waals surface area (Å²) >= 11 is 0. The maximum absolute atomic E-state index is 10.9. The number of carboxylic acids is 1. The molecule has 1 aromatic rings. The molecule has 0 aliphatic carbocycles. The summed E-state index contributed by atoms with van der Waals surface area (Å²) in [5.41, 5.74) is 3.81. The first-order valence-electron chi connectivity index (χ1n) is 6.13. The maximum Gasteiger partial charge on any atom is 0.306 e. The molecule has 0 atom stereocenters. The highest BCUT2D eigenvalue weighted by Gasteiger charge is 2.24. The molecule has 17 heavy (non-hydrogen) atoms. The van der Waals surface area contributed by atoms with E-state index in [9.17, 15) is 4.79 Å². The van der Waals surface area contributed by atoms with Gasteiger partial charge in [0.1, 0.15) is 0 Å². The molecule has 1 aliphatic rings. The van der Waals surface area contributed by atoms with Crippen molar-refractivity contribution in [3.8, 4) is 0 Å². The first-order chi connectivity index (χ1) is 8.08. The van der Waals surface area contributed by atoms with E-state index in [2.05, 4.69) is 36.9 Å². The van der Waals surface area contributed by atoms with E-state index in [0.29, 0.717) is 0 Å². The summed E-state index contributed by atoms with van der Waals surface area (Å²) in [7, 11) is 0. The molecule has 2 rings (SSSR count). The van der Waals surface area contributed by atoms with Crippen molar-refractivity contribution in [2.45, 2.75) is 26.7 Å². The molecule has 92 valence electrons. The predicted octanol–water partition coefficient (Wildman–Crippen LogP) is 2.60. The number of aryl methyl sites for hydroxylation is 2. The van der Waals surface area contributed by atoms with Crippen LogP contribution in [-0.4, -0.2) is 24.2 Å². The molecule has 3 heteroatoms. The molecule has 0 saturated carbocycles. The Morgan fingerprint density at radius 2 is 1.88 bits per heavy atom. The largest absolute Gasteiger partial charge is 0.481 e. The van der Waals surface area contributed by atoms with E-state index in [0.717, 1.165) is 25.9 Å². The average Bonchev–Trinajstić information content (AvgIpc) is 2.33. The van der Waals surface area contributed by atoms with Crippen LogP contribution in [0.3, 0.4) is 0 Å². The molecule has 0 amide bonds. The summed E-state index contributed by atoms with van der Waals surface area (Å²) in [6.45, 7) is 5.91.